The van der Waals surface area contributed by atoms with Gasteiger partial charge in [0.2, 0.25) is 17.7 Å². The monoisotopic (exact) mass is 338 g/mol. The largest absolute Gasteiger partial charge is 0.374 e. The van der Waals surface area contributed by atoms with Crippen molar-refractivity contribution in [2.75, 3.05) is 19.7 Å². The molecule has 0 bridgehead atoms. The third-order valence-electron chi connectivity index (χ3n) is 5.34. The van der Waals surface area contributed by atoms with Crippen molar-refractivity contribution in [3.8, 4) is 0 Å². The molecular weight excluding hydrogens is 312 g/mol. The van der Waals surface area contributed by atoms with E-state index in [4.69, 9.17) is 10.5 Å². The van der Waals surface area contributed by atoms with Gasteiger partial charge in [0.15, 0.2) is 0 Å². The molecule has 0 aliphatic carbocycles. The van der Waals surface area contributed by atoms with Crippen LogP contribution in [0.3, 0.4) is 0 Å². The molecule has 1 spiro atoms. The molecule has 24 heavy (non-hydrogen) atoms. The Hall–Kier alpha value is -1.67. The number of amides is 3. The summed E-state index contributed by atoms with van der Waals surface area (Å²) in [6, 6.07) is -1.21. The van der Waals surface area contributed by atoms with Crippen molar-refractivity contribution in [1.29, 1.82) is 0 Å². The number of primary amides is 1. The Morgan fingerprint density at radius 2 is 2.25 bits per heavy atom. The summed E-state index contributed by atoms with van der Waals surface area (Å²) in [7, 11) is 0. The predicted octanol–water partition coefficient (Wildman–Crippen LogP) is -1.22. The molecule has 8 nitrogen and oxygen atoms in total. The van der Waals surface area contributed by atoms with Gasteiger partial charge in [-0.1, -0.05) is 0 Å². The normalized spacial score (nSPS) is 34.1. The molecule has 8 heteroatoms. The number of carbonyl (C=O) groups excluding carboxylic acids is 3. The van der Waals surface area contributed by atoms with Gasteiger partial charge in [0.05, 0.1) is 11.6 Å². The van der Waals surface area contributed by atoms with Crippen LogP contribution in [0.1, 0.15) is 38.5 Å². The van der Waals surface area contributed by atoms with Crippen molar-refractivity contribution in [3.63, 3.8) is 0 Å². The summed E-state index contributed by atoms with van der Waals surface area (Å²) in [5.41, 5.74) is 5.16. The first kappa shape index (κ1) is 17.2. The molecule has 0 aromatic heterocycles. The quantitative estimate of drug-likeness (QED) is 0.501. The van der Waals surface area contributed by atoms with Crippen LogP contribution in [0, 0.1) is 5.92 Å². The van der Waals surface area contributed by atoms with Crippen molar-refractivity contribution >= 4 is 17.7 Å². The van der Waals surface area contributed by atoms with Crippen LogP contribution < -0.4 is 21.7 Å². The van der Waals surface area contributed by atoms with Crippen LogP contribution in [0.15, 0.2) is 0 Å². The second-order valence-corrected chi connectivity index (χ2v) is 7.10. The highest BCUT2D eigenvalue weighted by atomic mass is 16.5. The number of hydrogen-bond donors (Lipinski definition) is 4. The average Bonchev–Trinajstić information content (AvgIpc) is 3.14. The third kappa shape index (κ3) is 3.70. The van der Waals surface area contributed by atoms with Gasteiger partial charge in [-0.2, -0.15) is 0 Å². The van der Waals surface area contributed by atoms with Gasteiger partial charge in [0, 0.05) is 32.0 Å². The number of hydrogen-bond acceptors (Lipinski definition) is 5. The third-order valence-corrected chi connectivity index (χ3v) is 5.34. The summed E-state index contributed by atoms with van der Waals surface area (Å²) in [6.07, 6.45) is 4.64. The molecule has 0 aromatic carbocycles. The van der Waals surface area contributed by atoms with E-state index in [0.717, 1.165) is 25.9 Å². The molecule has 0 radical (unpaired) electrons. The Balaban J connectivity index is 1.55. The van der Waals surface area contributed by atoms with Crippen molar-refractivity contribution in [1.82, 2.24) is 16.0 Å². The Morgan fingerprint density at radius 3 is 2.88 bits per heavy atom. The first-order chi connectivity index (χ1) is 11.5. The molecule has 3 amide bonds. The van der Waals surface area contributed by atoms with Gasteiger partial charge in [-0.05, 0) is 32.1 Å². The predicted molar refractivity (Wildman–Crippen MR) is 85.8 cm³/mol. The van der Waals surface area contributed by atoms with Crippen molar-refractivity contribution < 1.29 is 19.1 Å². The molecular formula is C16H26N4O4. The zero-order chi connectivity index (χ0) is 17.2. The minimum atomic E-state index is -0.822. The van der Waals surface area contributed by atoms with Crippen molar-refractivity contribution in [2.24, 2.45) is 11.7 Å². The summed E-state index contributed by atoms with van der Waals surface area (Å²) >= 11 is 0. The fourth-order valence-electron chi connectivity index (χ4n) is 3.89. The fourth-order valence-corrected chi connectivity index (χ4v) is 3.89. The Kier molecular flexibility index (Phi) is 5.05. The Labute approximate surface area is 141 Å². The number of carbonyl (C=O) groups is 3. The highest BCUT2D eigenvalue weighted by molar-refractivity contribution is 5.90. The van der Waals surface area contributed by atoms with Crippen LogP contribution in [0.5, 0.6) is 0 Å². The molecule has 2 unspecified atom stereocenters. The van der Waals surface area contributed by atoms with Crippen LogP contribution in [0.4, 0.5) is 0 Å². The van der Waals surface area contributed by atoms with Gasteiger partial charge < -0.3 is 26.4 Å². The van der Waals surface area contributed by atoms with Crippen LogP contribution in [0.2, 0.25) is 0 Å². The van der Waals surface area contributed by atoms with Crippen LogP contribution in [-0.4, -0.2) is 55.1 Å². The minimum Gasteiger partial charge on any atom is -0.374 e. The summed E-state index contributed by atoms with van der Waals surface area (Å²) in [6.45, 7) is 1.99. The van der Waals surface area contributed by atoms with Gasteiger partial charge in [0.1, 0.15) is 6.04 Å². The molecule has 4 atom stereocenters. The van der Waals surface area contributed by atoms with Gasteiger partial charge in [-0.3, -0.25) is 14.4 Å². The maximum Gasteiger partial charge on any atom is 0.240 e. The number of rotatable bonds is 5. The second-order valence-electron chi connectivity index (χ2n) is 7.10. The summed E-state index contributed by atoms with van der Waals surface area (Å²) < 4.78 is 5.89. The summed E-state index contributed by atoms with van der Waals surface area (Å²) in [5.74, 6) is -1.20. The van der Waals surface area contributed by atoms with E-state index in [-0.39, 0.29) is 35.8 Å². The molecule has 0 saturated carbocycles. The van der Waals surface area contributed by atoms with E-state index in [0.29, 0.717) is 25.9 Å². The van der Waals surface area contributed by atoms with Crippen molar-refractivity contribution in [2.45, 2.75) is 56.2 Å². The zero-order valence-electron chi connectivity index (χ0n) is 13.8. The van der Waals surface area contributed by atoms with E-state index in [2.05, 4.69) is 16.0 Å². The lowest BCUT2D eigenvalue weighted by Gasteiger charge is -2.33. The van der Waals surface area contributed by atoms with E-state index in [1.165, 1.54) is 0 Å². The number of nitrogens with one attached hydrogen (secondary N) is 3. The Bertz CT molecular complexity index is 518. The van der Waals surface area contributed by atoms with Gasteiger partial charge in [-0.15, -0.1) is 0 Å². The van der Waals surface area contributed by atoms with Crippen LogP contribution in [0.25, 0.3) is 0 Å². The fraction of sp³-hybridized carbons (Fsp3) is 0.812. The van der Waals surface area contributed by atoms with E-state index < -0.39 is 11.9 Å². The molecule has 0 aromatic rings. The lowest BCUT2D eigenvalue weighted by atomic mass is 9.91. The van der Waals surface area contributed by atoms with E-state index in [1.54, 1.807) is 0 Å². The SMILES string of the molecule is NC(=O)[C@H](C[C@@H]1CCNC1=O)NC(=O)C1CC2(CCCCO2)CN1. The second kappa shape index (κ2) is 7.06. The maximum atomic E-state index is 12.5. The summed E-state index contributed by atoms with van der Waals surface area (Å²) in [4.78, 5) is 35.8. The van der Waals surface area contributed by atoms with E-state index in [1.807, 2.05) is 0 Å². The van der Waals surface area contributed by atoms with Crippen LogP contribution >= 0.6 is 0 Å². The minimum absolute atomic E-state index is 0.0796. The molecule has 3 aliphatic heterocycles. The number of nitrogens with two attached hydrogens (primary N) is 1. The maximum absolute atomic E-state index is 12.5. The molecule has 3 saturated heterocycles. The smallest absolute Gasteiger partial charge is 0.240 e. The van der Waals surface area contributed by atoms with Crippen LogP contribution in [-0.2, 0) is 19.1 Å². The molecule has 5 N–H and O–H groups in total. The standard InChI is InChI=1S/C16H26N4O4/c17-13(21)11(7-10-3-5-18-14(10)22)20-15(23)12-8-16(9-19-12)4-1-2-6-24-16/h10-12,19H,1-9H2,(H2,17,21)(H,18,22)(H,20,23)/t10-,11-,12?,16?/m0/s1. The van der Waals surface area contributed by atoms with E-state index in [9.17, 15) is 14.4 Å². The highest BCUT2D eigenvalue weighted by Gasteiger charge is 2.44. The van der Waals surface area contributed by atoms with Gasteiger partial charge >= 0.3 is 0 Å². The van der Waals surface area contributed by atoms with E-state index >= 15 is 0 Å². The first-order valence-corrected chi connectivity index (χ1v) is 8.74. The van der Waals surface area contributed by atoms with Gasteiger partial charge in [-0.25, -0.2) is 0 Å². The lowest BCUT2D eigenvalue weighted by Crippen LogP contribution is -2.51. The Morgan fingerprint density at radius 1 is 1.42 bits per heavy atom. The first-order valence-electron chi connectivity index (χ1n) is 8.74. The summed E-state index contributed by atoms with van der Waals surface area (Å²) in [5, 5.41) is 8.64. The lowest BCUT2D eigenvalue weighted by molar-refractivity contribution is -0.130. The number of ether oxygens (including phenoxy) is 1. The molecule has 3 rings (SSSR count). The molecule has 3 aliphatic rings. The average molecular weight is 338 g/mol. The zero-order valence-corrected chi connectivity index (χ0v) is 13.8. The van der Waals surface area contributed by atoms with Gasteiger partial charge in [0.25, 0.3) is 0 Å². The highest BCUT2D eigenvalue weighted by Crippen LogP contribution is 2.33. The molecule has 3 heterocycles. The topological polar surface area (TPSA) is 123 Å². The molecule has 3 fully saturated rings. The molecule has 134 valence electrons. The van der Waals surface area contributed by atoms with Crippen molar-refractivity contribution in [3.05, 3.63) is 0 Å².